The van der Waals surface area contributed by atoms with E-state index in [1.54, 1.807) is 0 Å². The van der Waals surface area contributed by atoms with Crippen LogP contribution in [0, 0.1) is 6.92 Å². The Balaban J connectivity index is 2.27. The average Bonchev–Trinajstić information content (AvgIpc) is 2.29. The summed E-state index contributed by atoms with van der Waals surface area (Å²) in [6.07, 6.45) is 7.91. The SMILES string of the molecule is Cc1cnccc1C1CCCCN1C(C)C. The maximum absolute atomic E-state index is 4.19. The lowest BCUT2D eigenvalue weighted by molar-refractivity contribution is 0.111. The second-order valence-corrected chi connectivity index (χ2v) is 5.08. The highest BCUT2D eigenvalue weighted by Crippen LogP contribution is 2.33. The van der Waals surface area contributed by atoms with Crippen molar-refractivity contribution in [3.63, 3.8) is 0 Å². The van der Waals surface area contributed by atoms with E-state index in [1.165, 1.54) is 36.9 Å². The third kappa shape index (κ3) is 2.27. The molecule has 1 saturated heterocycles. The first kappa shape index (κ1) is 11.6. The zero-order valence-corrected chi connectivity index (χ0v) is 10.6. The monoisotopic (exact) mass is 218 g/mol. The first-order chi connectivity index (χ1) is 7.70. The predicted octanol–water partition coefficient (Wildman–Crippen LogP) is 3.33. The lowest BCUT2D eigenvalue weighted by Crippen LogP contribution is -2.38. The number of aromatic nitrogens is 1. The quantitative estimate of drug-likeness (QED) is 0.757. The van der Waals surface area contributed by atoms with Crippen LogP contribution < -0.4 is 0 Å². The number of hydrogen-bond acceptors (Lipinski definition) is 2. The normalized spacial score (nSPS) is 22.6. The van der Waals surface area contributed by atoms with Gasteiger partial charge in [0.05, 0.1) is 0 Å². The molecule has 2 rings (SSSR count). The van der Waals surface area contributed by atoms with Crippen molar-refractivity contribution in [1.29, 1.82) is 0 Å². The van der Waals surface area contributed by atoms with E-state index >= 15 is 0 Å². The molecule has 1 unspecified atom stereocenters. The molecule has 0 aliphatic carbocycles. The van der Waals surface area contributed by atoms with Gasteiger partial charge in [0.15, 0.2) is 0 Å². The van der Waals surface area contributed by atoms with Crippen molar-refractivity contribution < 1.29 is 0 Å². The minimum atomic E-state index is 0.608. The van der Waals surface area contributed by atoms with E-state index in [0.29, 0.717) is 12.1 Å². The molecule has 0 N–H and O–H groups in total. The van der Waals surface area contributed by atoms with Gasteiger partial charge in [-0.05, 0) is 57.4 Å². The van der Waals surface area contributed by atoms with Crippen LogP contribution in [0.4, 0.5) is 0 Å². The highest BCUT2D eigenvalue weighted by molar-refractivity contribution is 5.25. The fourth-order valence-electron chi connectivity index (χ4n) is 2.76. The number of rotatable bonds is 2. The fourth-order valence-corrected chi connectivity index (χ4v) is 2.76. The fraction of sp³-hybridized carbons (Fsp3) is 0.643. The molecule has 1 aliphatic heterocycles. The van der Waals surface area contributed by atoms with Crippen LogP contribution in [-0.4, -0.2) is 22.5 Å². The van der Waals surface area contributed by atoms with Crippen molar-refractivity contribution >= 4 is 0 Å². The Bertz CT molecular complexity index is 346. The minimum Gasteiger partial charge on any atom is -0.294 e. The van der Waals surface area contributed by atoms with Crippen LogP contribution in [0.3, 0.4) is 0 Å². The second-order valence-electron chi connectivity index (χ2n) is 5.08. The molecule has 1 atom stereocenters. The lowest BCUT2D eigenvalue weighted by Gasteiger charge is -2.39. The number of nitrogens with zero attached hydrogens (tertiary/aromatic N) is 2. The van der Waals surface area contributed by atoms with Crippen LogP contribution in [0.2, 0.25) is 0 Å². The molecule has 1 fully saturated rings. The smallest absolute Gasteiger partial charge is 0.0354 e. The summed E-state index contributed by atoms with van der Waals surface area (Å²) in [5.41, 5.74) is 2.81. The highest BCUT2D eigenvalue weighted by atomic mass is 15.2. The van der Waals surface area contributed by atoms with E-state index in [1.807, 2.05) is 12.4 Å². The highest BCUT2D eigenvalue weighted by Gasteiger charge is 2.26. The molecule has 16 heavy (non-hydrogen) atoms. The molecule has 0 saturated carbocycles. The topological polar surface area (TPSA) is 16.1 Å². The maximum Gasteiger partial charge on any atom is 0.0354 e. The predicted molar refractivity (Wildman–Crippen MR) is 67.4 cm³/mol. The van der Waals surface area contributed by atoms with Gasteiger partial charge in [0.2, 0.25) is 0 Å². The Kier molecular flexibility index (Phi) is 3.59. The molecule has 1 aliphatic rings. The molecular weight excluding hydrogens is 196 g/mol. The number of likely N-dealkylation sites (tertiary alicyclic amines) is 1. The van der Waals surface area contributed by atoms with Crippen molar-refractivity contribution in [2.75, 3.05) is 6.54 Å². The van der Waals surface area contributed by atoms with Gasteiger partial charge in [0.25, 0.3) is 0 Å². The molecule has 2 nitrogen and oxygen atoms in total. The van der Waals surface area contributed by atoms with Gasteiger partial charge in [0.1, 0.15) is 0 Å². The Morgan fingerprint density at radius 2 is 2.19 bits per heavy atom. The first-order valence-electron chi connectivity index (χ1n) is 6.36. The van der Waals surface area contributed by atoms with Gasteiger partial charge in [-0.2, -0.15) is 0 Å². The summed E-state index contributed by atoms with van der Waals surface area (Å²) < 4.78 is 0. The Morgan fingerprint density at radius 1 is 1.38 bits per heavy atom. The van der Waals surface area contributed by atoms with Gasteiger partial charge in [-0.3, -0.25) is 9.88 Å². The van der Waals surface area contributed by atoms with E-state index in [0.717, 1.165) is 0 Å². The molecule has 0 spiro atoms. The lowest BCUT2D eigenvalue weighted by atomic mass is 9.92. The largest absolute Gasteiger partial charge is 0.294 e. The number of aryl methyl sites for hydroxylation is 1. The van der Waals surface area contributed by atoms with Gasteiger partial charge in [0, 0.05) is 24.5 Å². The number of piperidine rings is 1. The number of pyridine rings is 1. The van der Waals surface area contributed by atoms with Crippen LogP contribution in [0.25, 0.3) is 0 Å². The van der Waals surface area contributed by atoms with Crippen LogP contribution in [0.1, 0.15) is 50.3 Å². The van der Waals surface area contributed by atoms with Crippen LogP contribution in [-0.2, 0) is 0 Å². The molecule has 0 radical (unpaired) electrons. The number of hydrogen-bond donors (Lipinski definition) is 0. The summed E-state index contributed by atoms with van der Waals surface area (Å²) in [4.78, 5) is 6.82. The first-order valence-corrected chi connectivity index (χ1v) is 6.36. The summed E-state index contributed by atoms with van der Waals surface area (Å²) in [7, 11) is 0. The van der Waals surface area contributed by atoms with Gasteiger partial charge in [-0.25, -0.2) is 0 Å². The molecule has 88 valence electrons. The van der Waals surface area contributed by atoms with E-state index < -0.39 is 0 Å². The van der Waals surface area contributed by atoms with E-state index in [4.69, 9.17) is 0 Å². The van der Waals surface area contributed by atoms with Crippen LogP contribution in [0.15, 0.2) is 18.5 Å². The standard InChI is InChI=1S/C14H22N2/c1-11(2)16-9-5-4-6-14(16)13-7-8-15-10-12(13)3/h7-8,10-11,14H,4-6,9H2,1-3H3. The van der Waals surface area contributed by atoms with E-state index in [2.05, 4.69) is 36.7 Å². The third-order valence-electron chi connectivity index (χ3n) is 3.63. The summed E-state index contributed by atoms with van der Waals surface area (Å²) in [6.45, 7) is 8.02. The van der Waals surface area contributed by atoms with Gasteiger partial charge in [-0.1, -0.05) is 6.42 Å². The summed E-state index contributed by atoms with van der Waals surface area (Å²) in [5.74, 6) is 0. The average molecular weight is 218 g/mol. The summed E-state index contributed by atoms with van der Waals surface area (Å²) in [6, 6.07) is 3.44. The second kappa shape index (κ2) is 4.96. The molecule has 0 amide bonds. The molecule has 1 aromatic heterocycles. The molecular formula is C14H22N2. The maximum atomic E-state index is 4.19. The van der Waals surface area contributed by atoms with Crippen LogP contribution in [0.5, 0.6) is 0 Å². The Labute approximate surface area is 98.7 Å². The van der Waals surface area contributed by atoms with Crippen LogP contribution >= 0.6 is 0 Å². The van der Waals surface area contributed by atoms with E-state index in [-0.39, 0.29) is 0 Å². The summed E-state index contributed by atoms with van der Waals surface area (Å²) in [5, 5.41) is 0. The molecule has 2 heteroatoms. The van der Waals surface area contributed by atoms with Crippen molar-refractivity contribution in [3.05, 3.63) is 29.6 Å². The van der Waals surface area contributed by atoms with Crippen molar-refractivity contribution in [2.45, 2.75) is 52.1 Å². The third-order valence-corrected chi connectivity index (χ3v) is 3.63. The Hall–Kier alpha value is -0.890. The molecule has 0 bridgehead atoms. The minimum absolute atomic E-state index is 0.608. The Morgan fingerprint density at radius 3 is 2.88 bits per heavy atom. The van der Waals surface area contributed by atoms with E-state index in [9.17, 15) is 0 Å². The van der Waals surface area contributed by atoms with Crippen molar-refractivity contribution in [1.82, 2.24) is 9.88 Å². The van der Waals surface area contributed by atoms with Gasteiger partial charge >= 0.3 is 0 Å². The van der Waals surface area contributed by atoms with Crippen molar-refractivity contribution in [3.8, 4) is 0 Å². The zero-order chi connectivity index (χ0) is 11.5. The van der Waals surface area contributed by atoms with Crippen molar-refractivity contribution in [2.24, 2.45) is 0 Å². The molecule has 0 aromatic carbocycles. The zero-order valence-electron chi connectivity index (χ0n) is 10.6. The summed E-state index contributed by atoms with van der Waals surface area (Å²) >= 11 is 0. The van der Waals surface area contributed by atoms with Gasteiger partial charge in [-0.15, -0.1) is 0 Å². The van der Waals surface area contributed by atoms with Gasteiger partial charge < -0.3 is 0 Å². The molecule has 2 heterocycles. The molecule has 1 aromatic rings.